The van der Waals surface area contributed by atoms with Gasteiger partial charge in [0, 0.05) is 6.04 Å². The van der Waals surface area contributed by atoms with E-state index in [0.717, 1.165) is 36.1 Å². The lowest BCUT2D eigenvalue weighted by molar-refractivity contribution is -0.127. The highest BCUT2D eigenvalue weighted by molar-refractivity contribution is 7.93. The molecule has 2 bridgehead atoms. The first kappa shape index (κ1) is 24.7. The SMILES string of the molecule is C=c1cccc/c1=C/C=C(\C)S(=O)(=O)NC(C)(C)C(=O)NC1CCC2CC(CN)CC1C2. The number of hydrogen-bond acceptors (Lipinski definition) is 4. The Morgan fingerprint density at radius 2 is 1.94 bits per heavy atom. The molecule has 7 heteroatoms. The third-order valence-corrected chi connectivity index (χ3v) is 8.74. The van der Waals surface area contributed by atoms with Crippen molar-refractivity contribution in [2.75, 3.05) is 6.54 Å². The van der Waals surface area contributed by atoms with Crippen molar-refractivity contribution in [3.63, 3.8) is 0 Å². The Bertz CT molecular complexity index is 1080. The standard InChI is InChI=1S/C25H37N3O3S/c1-17-7-5-6-8-21(17)11-9-18(2)32(30,31)28-25(3,4)24(29)27-23-12-10-19-13-20(16-26)15-22(23)14-19/h5-9,11,19-20,22-23,28H,1,10,12-16,26H2,2-4H3,(H,27,29)/b18-9+,21-11-. The Hall–Kier alpha value is -1.96. The fourth-order valence-corrected chi connectivity index (χ4v) is 6.19. The smallest absolute Gasteiger partial charge is 0.240 e. The molecule has 0 heterocycles. The van der Waals surface area contributed by atoms with Crippen molar-refractivity contribution in [3.8, 4) is 0 Å². The quantitative estimate of drug-likeness (QED) is 0.578. The molecule has 1 aromatic rings. The Morgan fingerprint density at radius 3 is 2.62 bits per heavy atom. The summed E-state index contributed by atoms with van der Waals surface area (Å²) in [5.41, 5.74) is 4.65. The molecule has 1 amide bonds. The number of carbonyl (C=O) groups is 1. The highest BCUT2D eigenvalue weighted by Gasteiger charge is 2.40. The number of nitrogens with two attached hydrogens (primary N) is 1. The largest absolute Gasteiger partial charge is 0.351 e. The van der Waals surface area contributed by atoms with Gasteiger partial charge in [-0.25, -0.2) is 8.42 Å². The van der Waals surface area contributed by atoms with Gasteiger partial charge in [-0.05, 0) is 93.7 Å². The molecule has 0 saturated heterocycles. The normalized spacial score (nSPS) is 27.2. The molecule has 0 radical (unpaired) electrons. The minimum absolute atomic E-state index is 0.0791. The van der Waals surface area contributed by atoms with Gasteiger partial charge in [-0.2, -0.15) is 4.72 Å². The first-order chi connectivity index (χ1) is 15.0. The van der Waals surface area contributed by atoms with Crippen LogP contribution in [0, 0.1) is 17.8 Å². The summed E-state index contributed by atoms with van der Waals surface area (Å²) in [5.74, 6) is 1.36. The molecule has 0 aromatic heterocycles. The van der Waals surface area contributed by atoms with E-state index >= 15 is 0 Å². The van der Waals surface area contributed by atoms with Crippen molar-refractivity contribution in [2.45, 2.75) is 64.5 Å². The second-order valence-electron chi connectivity index (χ2n) is 9.97. The summed E-state index contributed by atoms with van der Waals surface area (Å²) < 4.78 is 28.4. The fraction of sp³-hybridized carbons (Fsp3) is 0.560. The van der Waals surface area contributed by atoms with Gasteiger partial charge in [-0.3, -0.25) is 4.79 Å². The van der Waals surface area contributed by atoms with Crippen LogP contribution in [-0.4, -0.2) is 32.5 Å². The first-order valence-electron chi connectivity index (χ1n) is 11.5. The number of carbonyl (C=O) groups excluding carboxylic acids is 1. The first-order valence-corrected chi connectivity index (χ1v) is 13.0. The summed E-state index contributed by atoms with van der Waals surface area (Å²) in [6, 6.07) is 7.57. The molecular weight excluding hydrogens is 422 g/mol. The molecule has 4 unspecified atom stereocenters. The minimum atomic E-state index is -3.83. The van der Waals surface area contributed by atoms with E-state index in [4.69, 9.17) is 5.73 Å². The van der Waals surface area contributed by atoms with E-state index in [2.05, 4.69) is 16.6 Å². The zero-order chi connectivity index (χ0) is 23.5. The van der Waals surface area contributed by atoms with Crippen LogP contribution in [0.5, 0.6) is 0 Å². The predicted molar refractivity (Wildman–Crippen MR) is 130 cm³/mol. The molecule has 176 valence electrons. The molecule has 32 heavy (non-hydrogen) atoms. The summed E-state index contributed by atoms with van der Waals surface area (Å²) in [7, 11) is -3.83. The molecule has 2 saturated carbocycles. The third kappa shape index (κ3) is 5.88. The van der Waals surface area contributed by atoms with Crippen LogP contribution < -0.4 is 26.2 Å². The van der Waals surface area contributed by atoms with Crippen LogP contribution in [0.15, 0.2) is 35.2 Å². The van der Waals surface area contributed by atoms with E-state index in [1.807, 2.05) is 24.3 Å². The zero-order valence-corrected chi connectivity index (χ0v) is 20.3. The number of allylic oxidation sites excluding steroid dienone is 2. The van der Waals surface area contributed by atoms with Crippen molar-refractivity contribution >= 4 is 28.6 Å². The van der Waals surface area contributed by atoms with Gasteiger partial charge in [0.1, 0.15) is 5.54 Å². The molecule has 3 rings (SSSR count). The van der Waals surface area contributed by atoms with E-state index in [1.54, 1.807) is 19.9 Å². The van der Waals surface area contributed by atoms with Crippen LogP contribution in [0.4, 0.5) is 0 Å². The van der Waals surface area contributed by atoms with E-state index in [-0.39, 0.29) is 16.9 Å². The number of amides is 1. The molecule has 1 aromatic carbocycles. The molecule has 6 nitrogen and oxygen atoms in total. The van der Waals surface area contributed by atoms with Gasteiger partial charge in [0.05, 0.1) is 4.91 Å². The summed E-state index contributed by atoms with van der Waals surface area (Å²) >= 11 is 0. The van der Waals surface area contributed by atoms with Crippen LogP contribution in [0.25, 0.3) is 12.7 Å². The maximum absolute atomic E-state index is 13.1. The Balaban J connectivity index is 1.68. The topological polar surface area (TPSA) is 101 Å². The molecule has 4 N–H and O–H groups in total. The Labute approximate surface area is 192 Å². The molecule has 0 spiro atoms. The summed E-state index contributed by atoms with van der Waals surface area (Å²) in [6.07, 6.45) is 8.65. The van der Waals surface area contributed by atoms with Gasteiger partial charge in [0.15, 0.2) is 0 Å². The number of fused-ring (bicyclic) bond motifs is 2. The lowest BCUT2D eigenvalue weighted by Crippen LogP contribution is -2.58. The second kappa shape index (κ2) is 9.89. The van der Waals surface area contributed by atoms with Crippen LogP contribution in [0.2, 0.25) is 0 Å². The summed E-state index contributed by atoms with van der Waals surface area (Å²) in [6.45, 7) is 9.38. The lowest BCUT2D eigenvalue weighted by atomic mass is 9.66. The third-order valence-electron chi connectivity index (χ3n) is 6.98. The molecule has 0 aliphatic heterocycles. The Morgan fingerprint density at radius 1 is 1.22 bits per heavy atom. The van der Waals surface area contributed by atoms with Crippen molar-refractivity contribution in [2.24, 2.45) is 23.5 Å². The average molecular weight is 460 g/mol. The van der Waals surface area contributed by atoms with Crippen molar-refractivity contribution < 1.29 is 13.2 Å². The lowest BCUT2D eigenvalue weighted by Gasteiger charge is -2.44. The Kier molecular flexibility index (Phi) is 7.63. The fourth-order valence-electron chi connectivity index (χ4n) is 5.02. The van der Waals surface area contributed by atoms with Crippen LogP contribution in [-0.2, 0) is 14.8 Å². The van der Waals surface area contributed by atoms with Crippen LogP contribution >= 0.6 is 0 Å². The summed E-state index contributed by atoms with van der Waals surface area (Å²) in [4.78, 5) is 13.2. The van der Waals surface area contributed by atoms with Crippen molar-refractivity contribution in [1.82, 2.24) is 10.0 Å². The predicted octanol–water partition coefficient (Wildman–Crippen LogP) is 1.75. The molecule has 2 fully saturated rings. The van der Waals surface area contributed by atoms with Gasteiger partial charge in [-0.1, -0.05) is 36.9 Å². The van der Waals surface area contributed by atoms with Gasteiger partial charge in [-0.15, -0.1) is 0 Å². The van der Waals surface area contributed by atoms with Crippen molar-refractivity contribution in [3.05, 3.63) is 45.7 Å². The summed E-state index contributed by atoms with van der Waals surface area (Å²) in [5, 5.41) is 4.80. The zero-order valence-electron chi connectivity index (χ0n) is 19.4. The maximum Gasteiger partial charge on any atom is 0.240 e. The maximum atomic E-state index is 13.1. The van der Waals surface area contributed by atoms with Crippen LogP contribution in [0.1, 0.15) is 52.9 Å². The number of rotatable bonds is 7. The van der Waals surface area contributed by atoms with Crippen LogP contribution in [0.3, 0.4) is 0 Å². The molecule has 4 atom stereocenters. The molecular formula is C25H37N3O3S. The monoisotopic (exact) mass is 459 g/mol. The van der Waals surface area contributed by atoms with Gasteiger partial charge < -0.3 is 11.1 Å². The van der Waals surface area contributed by atoms with E-state index in [1.165, 1.54) is 19.4 Å². The minimum Gasteiger partial charge on any atom is -0.351 e. The molecule has 2 aliphatic rings. The second-order valence-corrected chi connectivity index (χ2v) is 11.8. The van der Waals surface area contributed by atoms with Gasteiger partial charge in [0.25, 0.3) is 0 Å². The van der Waals surface area contributed by atoms with Gasteiger partial charge in [0.2, 0.25) is 15.9 Å². The number of hydrogen-bond donors (Lipinski definition) is 3. The number of benzene rings is 1. The van der Waals surface area contributed by atoms with E-state index in [0.29, 0.717) is 24.3 Å². The van der Waals surface area contributed by atoms with E-state index < -0.39 is 15.6 Å². The van der Waals surface area contributed by atoms with E-state index in [9.17, 15) is 13.2 Å². The highest BCUT2D eigenvalue weighted by Crippen LogP contribution is 2.42. The van der Waals surface area contributed by atoms with Crippen molar-refractivity contribution in [1.29, 1.82) is 0 Å². The number of sulfonamides is 1. The number of nitrogens with one attached hydrogen (secondary N) is 2. The van der Waals surface area contributed by atoms with Gasteiger partial charge >= 0.3 is 0 Å². The highest BCUT2D eigenvalue weighted by atomic mass is 32.2. The molecule has 2 aliphatic carbocycles. The average Bonchev–Trinajstić information content (AvgIpc) is 2.73.